The van der Waals surface area contributed by atoms with Crippen molar-refractivity contribution in [1.29, 1.82) is 0 Å². The van der Waals surface area contributed by atoms with Crippen LogP contribution in [0.4, 0.5) is 0 Å². The van der Waals surface area contributed by atoms with Gasteiger partial charge in [0.1, 0.15) is 6.33 Å². The fourth-order valence-corrected chi connectivity index (χ4v) is 1.94. The molecule has 1 aromatic heterocycles. The molecule has 0 spiro atoms. The maximum absolute atomic E-state index is 5.85. The summed E-state index contributed by atoms with van der Waals surface area (Å²) in [5.74, 6) is 0. The van der Waals surface area contributed by atoms with E-state index in [0.717, 1.165) is 18.5 Å². The molecule has 1 atom stereocenters. The minimum atomic E-state index is 0.0369. The van der Waals surface area contributed by atoms with Gasteiger partial charge in [-0.05, 0) is 38.2 Å². The summed E-state index contributed by atoms with van der Waals surface area (Å²) in [6, 6.07) is 0.0369. The Hall–Kier alpha value is -0.960. The van der Waals surface area contributed by atoms with Crippen LogP contribution in [-0.4, -0.2) is 9.97 Å². The van der Waals surface area contributed by atoms with Crippen molar-refractivity contribution in [2.24, 2.45) is 5.73 Å². The van der Waals surface area contributed by atoms with Crippen LogP contribution >= 0.6 is 0 Å². The predicted octanol–water partition coefficient (Wildman–Crippen LogP) is 1.38. The summed E-state index contributed by atoms with van der Waals surface area (Å²) in [5.41, 5.74) is 9.42. The highest BCUT2D eigenvalue weighted by atomic mass is 14.9. The Morgan fingerprint density at radius 2 is 2.08 bits per heavy atom. The fourth-order valence-electron chi connectivity index (χ4n) is 1.94. The summed E-state index contributed by atoms with van der Waals surface area (Å²) in [6.07, 6.45) is 6.34. The van der Waals surface area contributed by atoms with Crippen molar-refractivity contribution in [2.75, 3.05) is 0 Å². The third kappa shape index (κ3) is 1.56. The zero-order chi connectivity index (χ0) is 9.26. The largest absolute Gasteiger partial charge is 0.323 e. The Morgan fingerprint density at radius 1 is 1.31 bits per heavy atom. The molecule has 0 amide bonds. The van der Waals surface area contributed by atoms with E-state index in [1.807, 2.05) is 6.92 Å². The predicted molar refractivity (Wildman–Crippen MR) is 51.3 cm³/mol. The van der Waals surface area contributed by atoms with Gasteiger partial charge in [0.15, 0.2) is 0 Å². The van der Waals surface area contributed by atoms with Crippen LogP contribution in [0, 0.1) is 0 Å². The second-order valence-corrected chi connectivity index (χ2v) is 3.68. The van der Waals surface area contributed by atoms with E-state index in [9.17, 15) is 0 Å². The third-order valence-electron chi connectivity index (χ3n) is 2.59. The molecule has 0 saturated heterocycles. The molecule has 0 bridgehead atoms. The molecule has 13 heavy (non-hydrogen) atoms. The standard InChI is InChI=1S/C10H15N3/c1-7(11)10-8-4-2-3-5-9(8)12-6-13-10/h6-7H,2-5,11H2,1H3/t7-/m0/s1. The van der Waals surface area contributed by atoms with Crippen molar-refractivity contribution in [1.82, 2.24) is 9.97 Å². The van der Waals surface area contributed by atoms with E-state index in [0.29, 0.717) is 0 Å². The van der Waals surface area contributed by atoms with Crippen LogP contribution in [0.5, 0.6) is 0 Å². The number of hydrogen-bond donors (Lipinski definition) is 1. The molecule has 1 aliphatic rings. The molecule has 2 rings (SSSR count). The highest BCUT2D eigenvalue weighted by molar-refractivity contribution is 5.28. The highest BCUT2D eigenvalue weighted by Crippen LogP contribution is 2.23. The lowest BCUT2D eigenvalue weighted by Gasteiger charge is -2.18. The highest BCUT2D eigenvalue weighted by Gasteiger charge is 2.16. The molecule has 0 unspecified atom stereocenters. The van der Waals surface area contributed by atoms with Gasteiger partial charge in [0.2, 0.25) is 0 Å². The van der Waals surface area contributed by atoms with Gasteiger partial charge in [-0.15, -0.1) is 0 Å². The van der Waals surface area contributed by atoms with Crippen molar-refractivity contribution >= 4 is 0 Å². The zero-order valence-electron chi connectivity index (χ0n) is 7.95. The second-order valence-electron chi connectivity index (χ2n) is 3.68. The Balaban J connectivity index is 2.46. The lowest BCUT2D eigenvalue weighted by molar-refractivity contribution is 0.635. The summed E-state index contributed by atoms with van der Waals surface area (Å²) in [5, 5.41) is 0. The topological polar surface area (TPSA) is 51.8 Å². The van der Waals surface area contributed by atoms with Crippen LogP contribution < -0.4 is 5.73 Å². The number of rotatable bonds is 1. The monoisotopic (exact) mass is 177 g/mol. The number of nitrogens with two attached hydrogens (primary N) is 1. The molecule has 1 heterocycles. The number of aryl methyl sites for hydroxylation is 1. The van der Waals surface area contributed by atoms with E-state index in [1.165, 1.54) is 24.1 Å². The Kier molecular flexibility index (Phi) is 2.27. The molecule has 3 nitrogen and oxygen atoms in total. The molecule has 3 heteroatoms. The van der Waals surface area contributed by atoms with Crippen molar-refractivity contribution in [3.8, 4) is 0 Å². The Labute approximate surface area is 78.4 Å². The first-order valence-corrected chi connectivity index (χ1v) is 4.87. The molecule has 1 aliphatic carbocycles. The molecular formula is C10H15N3. The lowest BCUT2D eigenvalue weighted by atomic mass is 9.93. The molecule has 70 valence electrons. The average molecular weight is 177 g/mol. The van der Waals surface area contributed by atoms with E-state index in [1.54, 1.807) is 6.33 Å². The van der Waals surface area contributed by atoms with Gasteiger partial charge < -0.3 is 5.73 Å². The first-order chi connectivity index (χ1) is 6.29. The van der Waals surface area contributed by atoms with E-state index >= 15 is 0 Å². The van der Waals surface area contributed by atoms with E-state index < -0.39 is 0 Å². The van der Waals surface area contributed by atoms with Crippen LogP contribution in [0.1, 0.15) is 42.8 Å². The fraction of sp³-hybridized carbons (Fsp3) is 0.600. The molecule has 0 aromatic carbocycles. The maximum Gasteiger partial charge on any atom is 0.116 e. The lowest BCUT2D eigenvalue weighted by Crippen LogP contribution is -2.16. The van der Waals surface area contributed by atoms with Crippen molar-refractivity contribution in [3.05, 3.63) is 23.3 Å². The van der Waals surface area contributed by atoms with Gasteiger partial charge in [0.25, 0.3) is 0 Å². The van der Waals surface area contributed by atoms with Gasteiger partial charge in [-0.25, -0.2) is 9.97 Å². The minimum absolute atomic E-state index is 0.0369. The number of aromatic nitrogens is 2. The summed E-state index contributed by atoms with van der Waals surface area (Å²) >= 11 is 0. The average Bonchev–Trinajstić information content (AvgIpc) is 2.17. The number of hydrogen-bond acceptors (Lipinski definition) is 3. The molecule has 0 saturated carbocycles. The summed E-state index contributed by atoms with van der Waals surface area (Å²) in [4.78, 5) is 8.55. The van der Waals surface area contributed by atoms with Gasteiger partial charge in [0.05, 0.1) is 5.69 Å². The Morgan fingerprint density at radius 3 is 2.85 bits per heavy atom. The molecule has 0 aliphatic heterocycles. The van der Waals surface area contributed by atoms with Crippen LogP contribution in [-0.2, 0) is 12.8 Å². The quantitative estimate of drug-likeness (QED) is 0.705. The molecule has 0 fully saturated rings. The molecule has 2 N–H and O–H groups in total. The van der Waals surface area contributed by atoms with Crippen LogP contribution in [0.15, 0.2) is 6.33 Å². The minimum Gasteiger partial charge on any atom is -0.323 e. The normalized spacial score (nSPS) is 18.0. The zero-order valence-corrected chi connectivity index (χ0v) is 7.95. The van der Waals surface area contributed by atoms with Gasteiger partial charge in [-0.3, -0.25) is 0 Å². The van der Waals surface area contributed by atoms with Crippen molar-refractivity contribution in [2.45, 2.75) is 38.6 Å². The molecule has 0 radical (unpaired) electrons. The van der Waals surface area contributed by atoms with E-state index in [4.69, 9.17) is 5.73 Å². The van der Waals surface area contributed by atoms with Gasteiger partial charge >= 0.3 is 0 Å². The first kappa shape index (κ1) is 8.63. The number of fused-ring (bicyclic) bond motifs is 1. The van der Waals surface area contributed by atoms with Crippen molar-refractivity contribution in [3.63, 3.8) is 0 Å². The van der Waals surface area contributed by atoms with Crippen LogP contribution in [0.2, 0.25) is 0 Å². The SMILES string of the molecule is C[C@H](N)c1ncnc2c1CCCC2. The summed E-state index contributed by atoms with van der Waals surface area (Å²) in [6.45, 7) is 1.98. The number of nitrogens with zero attached hydrogens (tertiary/aromatic N) is 2. The molecular weight excluding hydrogens is 162 g/mol. The van der Waals surface area contributed by atoms with Gasteiger partial charge in [-0.2, -0.15) is 0 Å². The van der Waals surface area contributed by atoms with Crippen LogP contribution in [0.3, 0.4) is 0 Å². The van der Waals surface area contributed by atoms with Crippen LogP contribution in [0.25, 0.3) is 0 Å². The third-order valence-corrected chi connectivity index (χ3v) is 2.59. The molecule has 1 aromatic rings. The summed E-state index contributed by atoms with van der Waals surface area (Å²) in [7, 11) is 0. The first-order valence-electron chi connectivity index (χ1n) is 4.87. The second kappa shape index (κ2) is 3.42. The maximum atomic E-state index is 5.85. The van der Waals surface area contributed by atoms with Gasteiger partial charge in [-0.1, -0.05) is 0 Å². The Bertz CT molecular complexity index is 307. The summed E-state index contributed by atoms with van der Waals surface area (Å²) < 4.78 is 0. The van der Waals surface area contributed by atoms with E-state index in [-0.39, 0.29) is 6.04 Å². The van der Waals surface area contributed by atoms with Crippen molar-refractivity contribution < 1.29 is 0 Å². The van der Waals surface area contributed by atoms with E-state index in [2.05, 4.69) is 9.97 Å². The van der Waals surface area contributed by atoms with Gasteiger partial charge in [0, 0.05) is 11.7 Å². The smallest absolute Gasteiger partial charge is 0.116 e.